The van der Waals surface area contributed by atoms with Crippen molar-refractivity contribution in [3.63, 3.8) is 0 Å². The molecular formula is C3H12O2Si2. The fraction of sp³-hybridized carbons (Fsp3) is 1.00. The van der Waals surface area contributed by atoms with Crippen LogP contribution in [0.2, 0.25) is 19.6 Å². The van der Waals surface area contributed by atoms with Gasteiger partial charge in [0.05, 0.1) is 0 Å². The van der Waals surface area contributed by atoms with Crippen LogP contribution in [0.3, 0.4) is 0 Å². The third-order valence-corrected chi connectivity index (χ3v) is 4.22. The van der Waals surface area contributed by atoms with E-state index in [1.54, 1.807) is 6.55 Å². The largest absolute Gasteiger partial charge is 0.441 e. The van der Waals surface area contributed by atoms with Crippen LogP contribution in [-0.2, 0) is 4.12 Å². The predicted molar refractivity (Wildman–Crippen MR) is 35.2 cm³/mol. The normalized spacial score (nSPS) is 15.0. The first kappa shape index (κ1) is 7.35. The summed E-state index contributed by atoms with van der Waals surface area (Å²) in [6.45, 7) is 5.88. The molecule has 0 aromatic carbocycles. The fourth-order valence-corrected chi connectivity index (χ4v) is 3.54. The van der Waals surface area contributed by atoms with Crippen LogP contribution in [-0.4, -0.2) is 23.1 Å². The predicted octanol–water partition coefficient (Wildman–Crippen LogP) is -0.171. The Morgan fingerprint density at radius 3 is 1.71 bits per heavy atom. The summed E-state index contributed by atoms with van der Waals surface area (Å²) in [7, 11) is -2.58. The molecule has 0 aliphatic rings. The zero-order valence-corrected chi connectivity index (χ0v) is 7.32. The van der Waals surface area contributed by atoms with Crippen molar-refractivity contribution in [1.29, 1.82) is 0 Å². The van der Waals surface area contributed by atoms with Gasteiger partial charge in [-0.3, -0.25) is 0 Å². The molecular weight excluding hydrogens is 124 g/mol. The molecule has 0 saturated heterocycles. The van der Waals surface area contributed by atoms with Crippen molar-refractivity contribution in [2.24, 2.45) is 0 Å². The van der Waals surface area contributed by atoms with Gasteiger partial charge in [0.2, 0.25) is 0 Å². The van der Waals surface area contributed by atoms with Crippen LogP contribution < -0.4 is 0 Å². The van der Waals surface area contributed by atoms with Crippen molar-refractivity contribution >= 4 is 18.3 Å². The van der Waals surface area contributed by atoms with E-state index in [-0.39, 0.29) is 0 Å². The quantitative estimate of drug-likeness (QED) is 0.534. The van der Waals surface area contributed by atoms with E-state index in [9.17, 15) is 0 Å². The van der Waals surface area contributed by atoms with Crippen LogP contribution in [0.15, 0.2) is 0 Å². The maximum Gasteiger partial charge on any atom is 0.304 e. The van der Waals surface area contributed by atoms with Crippen LogP contribution in [0.1, 0.15) is 0 Å². The molecule has 0 heterocycles. The van der Waals surface area contributed by atoms with E-state index in [0.29, 0.717) is 0 Å². The van der Waals surface area contributed by atoms with Crippen molar-refractivity contribution in [2.75, 3.05) is 0 Å². The first-order valence-electron chi connectivity index (χ1n) is 2.46. The van der Waals surface area contributed by atoms with E-state index in [1.807, 2.05) is 0 Å². The zero-order valence-electron chi connectivity index (χ0n) is 5.01. The summed E-state index contributed by atoms with van der Waals surface area (Å²) in [5, 5.41) is 0. The van der Waals surface area contributed by atoms with Crippen molar-refractivity contribution in [3.8, 4) is 0 Å². The molecule has 0 aromatic rings. The summed E-state index contributed by atoms with van der Waals surface area (Å²) in [6.07, 6.45) is 0. The van der Waals surface area contributed by atoms with E-state index < -0.39 is 18.3 Å². The molecule has 1 N–H and O–H groups in total. The van der Waals surface area contributed by atoms with Gasteiger partial charge < -0.3 is 8.91 Å². The molecule has 1 unspecified atom stereocenters. The maximum absolute atomic E-state index is 8.67. The third kappa shape index (κ3) is 6.35. The van der Waals surface area contributed by atoms with E-state index in [4.69, 9.17) is 8.91 Å². The van der Waals surface area contributed by atoms with Crippen LogP contribution in [0.5, 0.6) is 0 Å². The van der Waals surface area contributed by atoms with Gasteiger partial charge in [-0.1, -0.05) is 0 Å². The average Bonchev–Trinajstić information content (AvgIpc) is 1.27. The van der Waals surface area contributed by atoms with Crippen LogP contribution >= 0.6 is 0 Å². The van der Waals surface area contributed by atoms with Crippen LogP contribution in [0.25, 0.3) is 0 Å². The Morgan fingerprint density at radius 2 is 1.71 bits per heavy atom. The van der Waals surface area contributed by atoms with Gasteiger partial charge in [0.25, 0.3) is 0 Å². The second-order valence-electron chi connectivity index (χ2n) is 1.78. The highest BCUT2D eigenvalue weighted by Crippen LogP contribution is 1.84. The molecule has 2 nitrogen and oxygen atoms in total. The molecule has 0 aromatic heterocycles. The summed E-state index contributed by atoms with van der Waals surface area (Å²) in [5.41, 5.74) is 0. The van der Waals surface area contributed by atoms with Gasteiger partial charge in [0.1, 0.15) is 0 Å². The monoisotopic (exact) mass is 136 g/mol. The highest BCUT2D eigenvalue weighted by molar-refractivity contribution is 6.60. The minimum absolute atomic E-state index is 0.917. The fourth-order valence-electron chi connectivity index (χ4n) is 0.394. The van der Waals surface area contributed by atoms with E-state index >= 15 is 0 Å². The topological polar surface area (TPSA) is 29.5 Å². The molecule has 0 radical (unpaired) electrons. The Labute approximate surface area is 47.7 Å². The average molecular weight is 136 g/mol. The van der Waals surface area contributed by atoms with E-state index in [2.05, 4.69) is 13.1 Å². The second-order valence-corrected chi connectivity index (χ2v) is 6.17. The van der Waals surface area contributed by atoms with E-state index in [1.165, 1.54) is 0 Å². The highest BCUT2D eigenvalue weighted by Gasteiger charge is 2.00. The first-order chi connectivity index (χ1) is 3.13. The Balaban J connectivity index is 2.95. The molecule has 0 aliphatic heterocycles. The van der Waals surface area contributed by atoms with Crippen molar-refractivity contribution in [2.45, 2.75) is 19.6 Å². The summed E-state index contributed by atoms with van der Waals surface area (Å²) < 4.78 is 5.08. The standard InChI is InChI=1S/C3H12O2Si2/c1-6(2)5-7(3)4/h4,6-7H,1-3H3. The van der Waals surface area contributed by atoms with Crippen molar-refractivity contribution in [1.82, 2.24) is 0 Å². The van der Waals surface area contributed by atoms with Gasteiger partial charge >= 0.3 is 9.28 Å². The zero-order chi connectivity index (χ0) is 5.86. The summed E-state index contributed by atoms with van der Waals surface area (Å²) >= 11 is 0. The summed E-state index contributed by atoms with van der Waals surface area (Å²) in [4.78, 5) is 8.67. The molecule has 0 spiro atoms. The Hall–Kier alpha value is 0.354. The molecule has 0 amide bonds. The third-order valence-electron chi connectivity index (χ3n) is 0.469. The molecule has 0 rings (SSSR count). The van der Waals surface area contributed by atoms with Gasteiger partial charge in [-0.25, -0.2) is 0 Å². The number of hydrogen-bond donors (Lipinski definition) is 1. The van der Waals surface area contributed by atoms with Gasteiger partial charge in [-0.15, -0.1) is 0 Å². The molecule has 0 aliphatic carbocycles. The Bertz CT molecular complexity index is 40.2. The number of hydrogen-bond acceptors (Lipinski definition) is 2. The van der Waals surface area contributed by atoms with E-state index in [0.717, 1.165) is 0 Å². The van der Waals surface area contributed by atoms with Crippen molar-refractivity contribution in [3.05, 3.63) is 0 Å². The lowest BCUT2D eigenvalue weighted by molar-refractivity contribution is 0.433. The van der Waals surface area contributed by atoms with Gasteiger partial charge in [-0.05, 0) is 19.6 Å². The second kappa shape index (κ2) is 3.37. The van der Waals surface area contributed by atoms with Crippen molar-refractivity contribution < 1.29 is 8.91 Å². The highest BCUT2D eigenvalue weighted by atomic mass is 28.4. The molecule has 0 bridgehead atoms. The summed E-state index contributed by atoms with van der Waals surface area (Å²) in [6, 6.07) is 0. The molecule has 0 saturated carbocycles. The lowest BCUT2D eigenvalue weighted by Crippen LogP contribution is -2.20. The minimum Gasteiger partial charge on any atom is -0.441 e. The minimum atomic E-state index is -1.67. The summed E-state index contributed by atoms with van der Waals surface area (Å²) in [5.74, 6) is 0. The lowest BCUT2D eigenvalue weighted by Gasteiger charge is -2.05. The molecule has 7 heavy (non-hydrogen) atoms. The Kier molecular flexibility index (Phi) is 3.54. The smallest absolute Gasteiger partial charge is 0.304 e. The van der Waals surface area contributed by atoms with Gasteiger partial charge in [-0.2, -0.15) is 0 Å². The van der Waals surface area contributed by atoms with Crippen LogP contribution in [0, 0.1) is 0 Å². The van der Waals surface area contributed by atoms with Crippen LogP contribution in [0.4, 0.5) is 0 Å². The Morgan fingerprint density at radius 1 is 1.29 bits per heavy atom. The van der Waals surface area contributed by atoms with Gasteiger partial charge in [0, 0.05) is 0 Å². The molecule has 44 valence electrons. The number of rotatable bonds is 2. The lowest BCUT2D eigenvalue weighted by atomic mass is 11.9. The first-order valence-corrected chi connectivity index (χ1v) is 7.38. The molecule has 1 atom stereocenters. The molecule has 4 heteroatoms. The SMILES string of the molecule is C[SiH](C)O[SiH](C)O. The van der Waals surface area contributed by atoms with Gasteiger partial charge in [0.15, 0.2) is 9.04 Å². The maximum atomic E-state index is 8.67. The molecule has 0 fully saturated rings.